The highest BCUT2D eigenvalue weighted by molar-refractivity contribution is 7.12. The molecule has 3 aromatic rings. The van der Waals surface area contributed by atoms with Crippen molar-refractivity contribution in [2.45, 2.75) is 0 Å². The van der Waals surface area contributed by atoms with Crippen molar-refractivity contribution >= 4 is 40.3 Å². The minimum Gasteiger partial charge on any atom is -0.298 e. The van der Waals surface area contributed by atoms with E-state index in [1.807, 2.05) is 0 Å². The van der Waals surface area contributed by atoms with E-state index in [4.69, 9.17) is 11.6 Å². The van der Waals surface area contributed by atoms with E-state index in [2.05, 4.69) is 9.97 Å². The van der Waals surface area contributed by atoms with Crippen LogP contribution in [0.5, 0.6) is 0 Å². The van der Waals surface area contributed by atoms with Gasteiger partial charge in [0.15, 0.2) is 17.1 Å². The van der Waals surface area contributed by atoms with Crippen LogP contribution in [0, 0.1) is 0 Å². The molecule has 0 saturated heterocycles. The van der Waals surface area contributed by atoms with Crippen LogP contribution in [0.2, 0.25) is 5.15 Å². The first-order chi connectivity index (χ1) is 9.20. The van der Waals surface area contributed by atoms with Crippen molar-refractivity contribution < 1.29 is 4.79 Å². The van der Waals surface area contributed by atoms with Gasteiger partial charge in [-0.3, -0.25) is 14.2 Å². The molecule has 3 rings (SSSR count). The molecule has 3 aromatic heterocycles. The summed E-state index contributed by atoms with van der Waals surface area (Å²) in [6.07, 6.45) is 3.59. The number of halogens is 1. The third-order valence-corrected chi connectivity index (χ3v) is 3.58. The minimum atomic E-state index is -0.359. The molecule has 0 atom stereocenters. The van der Waals surface area contributed by atoms with Gasteiger partial charge in [0.2, 0.25) is 5.43 Å². The number of nitrogens with zero attached hydrogens (tertiary/aromatic N) is 3. The molecule has 19 heavy (non-hydrogen) atoms. The van der Waals surface area contributed by atoms with E-state index in [-0.39, 0.29) is 16.1 Å². The van der Waals surface area contributed by atoms with Gasteiger partial charge in [-0.05, 0) is 12.1 Å². The van der Waals surface area contributed by atoms with Gasteiger partial charge in [0, 0.05) is 17.8 Å². The molecule has 0 N–H and O–H groups in total. The van der Waals surface area contributed by atoms with E-state index in [0.717, 1.165) is 0 Å². The fraction of sp³-hybridized carbons (Fsp3) is 0. The van der Waals surface area contributed by atoms with Crippen LogP contribution < -0.4 is 5.43 Å². The summed E-state index contributed by atoms with van der Waals surface area (Å²) < 4.78 is 1.59. The molecule has 0 radical (unpaired) electrons. The number of thiazole rings is 1. The van der Waals surface area contributed by atoms with Gasteiger partial charge >= 0.3 is 0 Å². The lowest BCUT2D eigenvalue weighted by Crippen LogP contribution is -2.14. The van der Waals surface area contributed by atoms with Crippen LogP contribution in [0.3, 0.4) is 0 Å². The zero-order valence-corrected chi connectivity index (χ0v) is 11.0. The molecule has 94 valence electrons. The predicted octanol–water partition coefficient (Wildman–Crippen LogP) is 2.31. The van der Waals surface area contributed by atoms with Gasteiger partial charge in [-0.15, -0.1) is 11.3 Å². The van der Waals surface area contributed by atoms with Crippen LogP contribution in [0.1, 0.15) is 10.4 Å². The molecule has 0 amide bonds. The summed E-state index contributed by atoms with van der Waals surface area (Å²) in [5.41, 5.74) is 0.0897. The van der Waals surface area contributed by atoms with Crippen molar-refractivity contribution in [1.29, 1.82) is 0 Å². The first-order valence-electron chi connectivity index (χ1n) is 5.27. The molecule has 0 aliphatic rings. The van der Waals surface area contributed by atoms with Crippen LogP contribution in [0.25, 0.3) is 16.2 Å². The first-order valence-corrected chi connectivity index (χ1v) is 6.53. The summed E-state index contributed by atoms with van der Waals surface area (Å²) in [5.74, 6) is 0. The van der Waals surface area contributed by atoms with Gasteiger partial charge in [-0.2, -0.15) is 0 Å². The van der Waals surface area contributed by atoms with E-state index in [1.165, 1.54) is 23.6 Å². The minimum absolute atomic E-state index is 0.0619. The van der Waals surface area contributed by atoms with Gasteiger partial charge in [0.1, 0.15) is 5.15 Å². The second kappa shape index (κ2) is 4.56. The molecular weight excluding hydrogens is 286 g/mol. The highest BCUT2D eigenvalue weighted by atomic mass is 35.5. The molecule has 0 bridgehead atoms. The fourth-order valence-electron chi connectivity index (χ4n) is 1.77. The summed E-state index contributed by atoms with van der Waals surface area (Å²) in [7, 11) is 0. The zero-order chi connectivity index (χ0) is 13.4. The Morgan fingerprint density at radius 3 is 2.89 bits per heavy atom. The molecule has 5 nitrogen and oxygen atoms in total. The second-order valence-corrected chi connectivity index (χ2v) is 4.98. The SMILES string of the molecule is O=Cc1cn(-c2nccs2)c2nc(Cl)ccc2c1=O. The van der Waals surface area contributed by atoms with E-state index in [0.29, 0.717) is 22.5 Å². The van der Waals surface area contributed by atoms with Crippen molar-refractivity contribution in [2.24, 2.45) is 0 Å². The van der Waals surface area contributed by atoms with Crippen LogP contribution in [0.15, 0.2) is 34.7 Å². The van der Waals surface area contributed by atoms with Crippen LogP contribution in [0.4, 0.5) is 0 Å². The molecule has 0 aromatic carbocycles. The molecule has 0 saturated carbocycles. The first kappa shape index (κ1) is 12.0. The summed E-state index contributed by atoms with van der Waals surface area (Å²) in [4.78, 5) is 31.3. The number of aromatic nitrogens is 3. The summed E-state index contributed by atoms with van der Waals surface area (Å²) in [6, 6.07) is 3.08. The molecule has 0 fully saturated rings. The van der Waals surface area contributed by atoms with Crippen LogP contribution >= 0.6 is 22.9 Å². The summed E-state index contributed by atoms with van der Waals surface area (Å²) >= 11 is 7.24. The number of aldehydes is 1. The van der Waals surface area contributed by atoms with Gasteiger partial charge in [-0.25, -0.2) is 9.97 Å². The van der Waals surface area contributed by atoms with Crippen LogP contribution in [-0.4, -0.2) is 20.8 Å². The molecular formula is C12H6ClN3O2S. The quantitative estimate of drug-likeness (QED) is 0.537. The van der Waals surface area contributed by atoms with Gasteiger partial charge in [0.25, 0.3) is 0 Å². The van der Waals surface area contributed by atoms with Crippen molar-refractivity contribution in [2.75, 3.05) is 0 Å². The van der Waals surface area contributed by atoms with Crippen molar-refractivity contribution in [3.63, 3.8) is 0 Å². The highest BCUT2D eigenvalue weighted by Crippen LogP contribution is 2.19. The Morgan fingerprint density at radius 1 is 1.37 bits per heavy atom. The number of carbonyl (C=O) groups is 1. The molecule has 0 unspecified atom stereocenters. The summed E-state index contributed by atoms with van der Waals surface area (Å²) in [5, 5.41) is 3.02. The van der Waals surface area contributed by atoms with Gasteiger partial charge < -0.3 is 0 Å². The Kier molecular flexibility index (Phi) is 2.88. The van der Waals surface area contributed by atoms with E-state index < -0.39 is 0 Å². The lowest BCUT2D eigenvalue weighted by atomic mass is 10.2. The molecule has 7 heteroatoms. The van der Waals surface area contributed by atoms with Gasteiger partial charge in [-0.1, -0.05) is 11.6 Å². The molecule has 0 aliphatic heterocycles. The third kappa shape index (κ3) is 1.94. The summed E-state index contributed by atoms with van der Waals surface area (Å²) in [6.45, 7) is 0. The standard InChI is InChI=1S/C12H6ClN3O2S/c13-9-2-1-8-10(18)7(6-17)5-16(11(8)15-9)12-14-3-4-19-12/h1-6H. The number of rotatable bonds is 2. The Bertz CT molecular complexity index is 827. The molecule has 0 spiro atoms. The van der Waals surface area contributed by atoms with E-state index in [9.17, 15) is 9.59 Å². The largest absolute Gasteiger partial charge is 0.298 e. The highest BCUT2D eigenvalue weighted by Gasteiger charge is 2.12. The number of hydrogen-bond donors (Lipinski definition) is 0. The Morgan fingerprint density at radius 2 is 2.21 bits per heavy atom. The van der Waals surface area contributed by atoms with Crippen molar-refractivity contribution in [3.05, 3.63) is 50.8 Å². The lowest BCUT2D eigenvalue weighted by Gasteiger charge is -2.07. The Labute approximate surface area is 116 Å². The number of hydrogen-bond acceptors (Lipinski definition) is 5. The number of fused-ring (bicyclic) bond motifs is 1. The van der Waals surface area contributed by atoms with Crippen LogP contribution in [-0.2, 0) is 0 Å². The maximum absolute atomic E-state index is 12.0. The van der Waals surface area contributed by atoms with E-state index in [1.54, 1.807) is 22.2 Å². The Hall–Kier alpha value is -2.05. The smallest absolute Gasteiger partial charge is 0.201 e. The average molecular weight is 292 g/mol. The third-order valence-electron chi connectivity index (χ3n) is 2.60. The fourth-order valence-corrected chi connectivity index (χ4v) is 2.53. The normalized spacial score (nSPS) is 10.8. The van der Waals surface area contributed by atoms with Gasteiger partial charge in [0.05, 0.1) is 10.9 Å². The zero-order valence-electron chi connectivity index (χ0n) is 9.41. The number of carbonyl (C=O) groups excluding carboxylic acids is 1. The molecule has 3 heterocycles. The second-order valence-electron chi connectivity index (χ2n) is 3.72. The number of pyridine rings is 2. The average Bonchev–Trinajstić information content (AvgIpc) is 2.93. The maximum Gasteiger partial charge on any atom is 0.201 e. The van der Waals surface area contributed by atoms with Crippen molar-refractivity contribution in [3.8, 4) is 5.13 Å². The topological polar surface area (TPSA) is 64.8 Å². The molecule has 0 aliphatic carbocycles. The Balaban J connectivity index is 2.49. The maximum atomic E-state index is 12.0. The predicted molar refractivity (Wildman–Crippen MR) is 73.4 cm³/mol. The van der Waals surface area contributed by atoms with Crippen molar-refractivity contribution in [1.82, 2.24) is 14.5 Å². The lowest BCUT2D eigenvalue weighted by molar-refractivity contribution is 0.112. The van der Waals surface area contributed by atoms with E-state index >= 15 is 0 Å². The monoisotopic (exact) mass is 291 g/mol.